The van der Waals surface area contributed by atoms with Crippen LogP contribution >= 0.6 is 0 Å². The van der Waals surface area contributed by atoms with Crippen LogP contribution in [-0.2, 0) is 12.1 Å². The van der Waals surface area contributed by atoms with Crippen LogP contribution in [0.15, 0.2) is 55.1 Å². The zero-order valence-electron chi connectivity index (χ0n) is 15.5. The molecular weight excluding hydrogens is 342 g/mol. The van der Waals surface area contributed by atoms with Gasteiger partial charge in [-0.2, -0.15) is 0 Å². The molecule has 0 saturated carbocycles. The van der Waals surface area contributed by atoms with Gasteiger partial charge in [0.2, 0.25) is 0 Å². The third-order valence-corrected chi connectivity index (χ3v) is 4.25. The largest absolute Gasteiger partial charge is 0.386 e. The Bertz CT molecular complexity index is 883. The highest BCUT2D eigenvalue weighted by atomic mass is 16.3. The predicted octanol–water partition coefficient (Wildman–Crippen LogP) is 2.39. The molecule has 0 atom stereocenters. The van der Waals surface area contributed by atoms with Gasteiger partial charge in [0.05, 0.1) is 11.8 Å². The second-order valence-corrected chi connectivity index (χ2v) is 6.87. The van der Waals surface area contributed by atoms with Crippen LogP contribution < -0.4 is 5.32 Å². The molecule has 1 amide bonds. The molecule has 1 aromatic carbocycles. The fourth-order valence-corrected chi connectivity index (χ4v) is 2.64. The lowest BCUT2D eigenvalue weighted by atomic mass is 9.96. The molecule has 0 aliphatic rings. The van der Waals surface area contributed by atoms with Crippen LogP contribution in [0, 0.1) is 0 Å². The quantitative estimate of drug-likeness (QED) is 0.627. The summed E-state index contributed by atoms with van der Waals surface area (Å²) in [4.78, 5) is 16.5. The number of hydrogen-bond acceptors (Lipinski definition) is 5. The van der Waals surface area contributed by atoms with Crippen LogP contribution in [0.5, 0.6) is 0 Å². The van der Waals surface area contributed by atoms with Crippen molar-refractivity contribution in [3.05, 3.63) is 66.2 Å². The van der Waals surface area contributed by atoms with Crippen LogP contribution in [0.4, 0.5) is 0 Å². The van der Waals surface area contributed by atoms with Gasteiger partial charge in [-0.1, -0.05) is 17.3 Å². The second kappa shape index (κ2) is 8.09. The molecule has 2 heterocycles. The Balaban J connectivity index is 1.59. The number of carbonyl (C=O) groups excluding carboxylic acids is 1. The number of amides is 1. The van der Waals surface area contributed by atoms with E-state index in [1.54, 1.807) is 55.4 Å². The summed E-state index contributed by atoms with van der Waals surface area (Å²) in [5.41, 5.74) is 2.24. The predicted molar refractivity (Wildman–Crippen MR) is 102 cm³/mol. The molecule has 27 heavy (non-hydrogen) atoms. The van der Waals surface area contributed by atoms with Gasteiger partial charge in [-0.05, 0) is 44.0 Å². The molecule has 2 aromatic heterocycles. The van der Waals surface area contributed by atoms with Crippen molar-refractivity contribution in [1.82, 2.24) is 25.3 Å². The van der Waals surface area contributed by atoms with Crippen molar-refractivity contribution < 1.29 is 9.90 Å². The summed E-state index contributed by atoms with van der Waals surface area (Å²) in [6.45, 7) is 4.73. The first kappa shape index (κ1) is 18.7. The van der Waals surface area contributed by atoms with Gasteiger partial charge >= 0.3 is 0 Å². The number of aryl methyl sites for hydroxylation is 1. The van der Waals surface area contributed by atoms with Gasteiger partial charge in [0.15, 0.2) is 0 Å². The first-order chi connectivity index (χ1) is 12.9. The van der Waals surface area contributed by atoms with Gasteiger partial charge < -0.3 is 10.4 Å². The Morgan fingerprint density at radius 3 is 2.63 bits per heavy atom. The molecule has 0 saturated heterocycles. The lowest BCUT2D eigenvalue weighted by Crippen LogP contribution is -2.25. The molecule has 0 spiro atoms. The monoisotopic (exact) mass is 365 g/mol. The average molecular weight is 365 g/mol. The lowest BCUT2D eigenvalue weighted by molar-refractivity contribution is 0.0782. The first-order valence-corrected chi connectivity index (χ1v) is 8.84. The van der Waals surface area contributed by atoms with Gasteiger partial charge in [-0.15, -0.1) is 5.10 Å². The van der Waals surface area contributed by atoms with E-state index < -0.39 is 5.60 Å². The van der Waals surface area contributed by atoms with E-state index in [1.165, 1.54) is 0 Å². The van der Waals surface area contributed by atoms with E-state index in [1.807, 2.05) is 18.2 Å². The molecule has 3 rings (SSSR count). The number of pyridine rings is 1. The molecule has 3 aromatic rings. The summed E-state index contributed by atoms with van der Waals surface area (Å²) in [7, 11) is 0. The molecule has 2 N–H and O–H groups in total. The summed E-state index contributed by atoms with van der Waals surface area (Å²) in [5, 5.41) is 20.7. The SMILES string of the molecule is CC(C)(O)c1cncc(-c2ccc(C(=O)NCCCn3ccnn3)cc2)c1. The molecule has 140 valence electrons. The van der Waals surface area contributed by atoms with Gasteiger partial charge in [-0.25, -0.2) is 0 Å². The number of aliphatic hydroxyl groups is 1. The normalized spacial score (nSPS) is 11.4. The average Bonchev–Trinajstić information content (AvgIpc) is 3.18. The highest BCUT2D eigenvalue weighted by Gasteiger charge is 2.17. The molecule has 7 nitrogen and oxygen atoms in total. The van der Waals surface area contributed by atoms with E-state index in [0.717, 1.165) is 23.1 Å². The van der Waals surface area contributed by atoms with Crippen molar-refractivity contribution in [2.75, 3.05) is 6.54 Å². The Hall–Kier alpha value is -3.06. The third kappa shape index (κ3) is 4.98. The topological polar surface area (TPSA) is 92.9 Å². The van der Waals surface area contributed by atoms with Crippen molar-refractivity contribution in [2.45, 2.75) is 32.4 Å². The number of benzene rings is 1. The summed E-state index contributed by atoms with van der Waals surface area (Å²) in [6, 6.07) is 9.26. The number of hydrogen-bond donors (Lipinski definition) is 2. The summed E-state index contributed by atoms with van der Waals surface area (Å²) in [5.74, 6) is -0.108. The van der Waals surface area contributed by atoms with Gasteiger partial charge in [-0.3, -0.25) is 14.5 Å². The Morgan fingerprint density at radius 2 is 1.96 bits per heavy atom. The van der Waals surface area contributed by atoms with E-state index in [9.17, 15) is 9.90 Å². The van der Waals surface area contributed by atoms with Crippen LogP contribution in [0.3, 0.4) is 0 Å². The molecule has 0 aliphatic carbocycles. The van der Waals surface area contributed by atoms with Crippen LogP contribution in [0.1, 0.15) is 36.2 Å². The Morgan fingerprint density at radius 1 is 1.19 bits per heavy atom. The maximum atomic E-state index is 12.2. The van der Waals surface area contributed by atoms with Gasteiger partial charge in [0.25, 0.3) is 5.91 Å². The number of carbonyl (C=O) groups is 1. The van der Waals surface area contributed by atoms with Crippen LogP contribution in [0.25, 0.3) is 11.1 Å². The second-order valence-electron chi connectivity index (χ2n) is 6.87. The molecule has 0 bridgehead atoms. The maximum absolute atomic E-state index is 12.2. The molecule has 0 radical (unpaired) electrons. The number of aromatic nitrogens is 4. The fraction of sp³-hybridized carbons (Fsp3) is 0.300. The first-order valence-electron chi connectivity index (χ1n) is 8.84. The van der Waals surface area contributed by atoms with Crippen LogP contribution in [0.2, 0.25) is 0 Å². The number of rotatable bonds is 7. The van der Waals surface area contributed by atoms with Crippen molar-refractivity contribution in [2.24, 2.45) is 0 Å². The molecule has 0 fully saturated rings. The minimum Gasteiger partial charge on any atom is -0.386 e. The Labute approximate surface area is 158 Å². The van der Waals surface area contributed by atoms with E-state index >= 15 is 0 Å². The Kier molecular flexibility index (Phi) is 5.61. The number of nitrogens with one attached hydrogen (secondary N) is 1. The smallest absolute Gasteiger partial charge is 0.251 e. The van der Waals surface area contributed by atoms with Crippen molar-refractivity contribution >= 4 is 5.91 Å². The highest BCUT2D eigenvalue weighted by Crippen LogP contribution is 2.25. The maximum Gasteiger partial charge on any atom is 0.251 e. The van der Waals surface area contributed by atoms with E-state index in [4.69, 9.17) is 0 Å². The van der Waals surface area contributed by atoms with E-state index in [-0.39, 0.29) is 5.91 Å². The van der Waals surface area contributed by atoms with E-state index in [0.29, 0.717) is 18.7 Å². The van der Waals surface area contributed by atoms with Gasteiger partial charge in [0.1, 0.15) is 0 Å². The zero-order valence-corrected chi connectivity index (χ0v) is 15.5. The van der Waals surface area contributed by atoms with Crippen LogP contribution in [-0.4, -0.2) is 37.5 Å². The summed E-state index contributed by atoms with van der Waals surface area (Å²) >= 11 is 0. The zero-order chi connectivity index (χ0) is 19.3. The lowest BCUT2D eigenvalue weighted by Gasteiger charge is -2.18. The number of nitrogens with zero attached hydrogens (tertiary/aromatic N) is 4. The van der Waals surface area contributed by atoms with Crippen molar-refractivity contribution in [3.63, 3.8) is 0 Å². The van der Waals surface area contributed by atoms with E-state index in [2.05, 4.69) is 20.6 Å². The molecular formula is C20H23N5O2. The molecule has 7 heteroatoms. The molecule has 0 aliphatic heterocycles. The fourth-order valence-electron chi connectivity index (χ4n) is 2.64. The standard InChI is InChI=1S/C20H23N5O2/c1-20(2,27)18-12-17(13-21-14-18)15-4-6-16(7-5-15)19(26)22-8-3-10-25-11-9-23-24-25/h4-7,9,11-14,27H,3,8,10H2,1-2H3,(H,22,26). The van der Waals surface area contributed by atoms with Crippen molar-refractivity contribution in [1.29, 1.82) is 0 Å². The molecule has 0 unspecified atom stereocenters. The highest BCUT2D eigenvalue weighted by molar-refractivity contribution is 5.94. The van der Waals surface area contributed by atoms with Crippen molar-refractivity contribution in [3.8, 4) is 11.1 Å². The minimum atomic E-state index is -0.949. The van der Waals surface area contributed by atoms with Gasteiger partial charge in [0, 0.05) is 48.4 Å². The summed E-state index contributed by atoms with van der Waals surface area (Å²) in [6.07, 6.45) is 7.61. The minimum absolute atomic E-state index is 0.108. The summed E-state index contributed by atoms with van der Waals surface area (Å²) < 4.78 is 1.73. The third-order valence-electron chi connectivity index (χ3n) is 4.25.